The van der Waals surface area contributed by atoms with E-state index in [-0.39, 0.29) is 15.6 Å². The lowest BCUT2D eigenvalue weighted by molar-refractivity contribution is -0.722. The van der Waals surface area contributed by atoms with E-state index in [1.807, 2.05) is 0 Å². The maximum atomic E-state index is 11.1. The molecule has 0 saturated heterocycles. The fourth-order valence-electron chi connectivity index (χ4n) is 0.624. The van der Waals surface area contributed by atoms with Crippen molar-refractivity contribution in [3.63, 3.8) is 0 Å². The minimum Gasteiger partial charge on any atom is -0.227 e. The zero-order valence-electron chi connectivity index (χ0n) is 6.60. The van der Waals surface area contributed by atoms with E-state index in [4.69, 9.17) is 11.6 Å². The van der Waals surface area contributed by atoms with Crippen LogP contribution in [0.3, 0.4) is 0 Å². The fourth-order valence-corrected chi connectivity index (χ4v) is 0.771. The van der Waals surface area contributed by atoms with E-state index in [0.29, 0.717) is 0 Å². The van der Waals surface area contributed by atoms with Crippen molar-refractivity contribution in [3.8, 4) is 0 Å². The highest BCUT2D eigenvalue weighted by molar-refractivity contribution is 6.30. The lowest BCUT2D eigenvalue weighted by Gasteiger charge is -1.89. The Kier molecular flexibility index (Phi) is 2.86. The normalized spacial score (nSPS) is 9.38. The van der Waals surface area contributed by atoms with Gasteiger partial charge in [-0.2, -0.15) is 5.10 Å². The summed E-state index contributed by atoms with van der Waals surface area (Å²) in [6, 6.07) is 1.22. The van der Waals surface area contributed by atoms with Gasteiger partial charge in [0.05, 0.1) is 16.1 Å². The van der Waals surface area contributed by atoms with Gasteiger partial charge in [-0.3, -0.25) is 0 Å². The molecule has 7 heteroatoms. The molecule has 0 N–H and O–H groups in total. The maximum absolute atomic E-state index is 11.1. The average molecular weight is 203 g/mol. The van der Waals surface area contributed by atoms with Crippen LogP contribution in [0, 0.1) is 4.91 Å². The Morgan fingerprint density at radius 1 is 1.69 bits per heavy atom. The fraction of sp³-hybridized carbons (Fsp3) is 0.167. The van der Waals surface area contributed by atoms with Gasteiger partial charge in [-0.1, -0.05) is 11.6 Å². The zero-order valence-corrected chi connectivity index (χ0v) is 7.35. The zero-order chi connectivity index (χ0) is 9.84. The van der Waals surface area contributed by atoms with Crippen molar-refractivity contribution in [2.75, 3.05) is 7.11 Å². The first-order chi connectivity index (χ1) is 6.15. The van der Waals surface area contributed by atoms with Gasteiger partial charge in [0.15, 0.2) is 7.11 Å². The van der Waals surface area contributed by atoms with Crippen molar-refractivity contribution in [3.05, 3.63) is 27.9 Å². The first kappa shape index (κ1) is 9.53. The Bertz CT molecular complexity index is 355. The molecule has 0 aliphatic rings. The summed E-state index contributed by atoms with van der Waals surface area (Å²) >= 11 is 5.52. The molecule has 1 amide bonds. The van der Waals surface area contributed by atoms with Gasteiger partial charge in [0, 0.05) is 0 Å². The second kappa shape index (κ2) is 3.90. The summed E-state index contributed by atoms with van der Waals surface area (Å²) in [5.74, 6) is -0.947. The monoisotopic (exact) mass is 202 g/mol. The Morgan fingerprint density at radius 3 is 2.92 bits per heavy atom. The van der Waals surface area contributed by atoms with E-state index in [1.54, 1.807) is 0 Å². The van der Waals surface area contributed by atoms with Crippen molar-refractivity contribution in [2.24, 2.45) is 0 Å². The molecule has 1 rings (SSSR count). The number of nitrogens with zero attached hydrogens (tertiary/aromatic N) is 3. The Labute approximate surface area is 78.0 Å². The molecule has 13 heavy (non-hydrogen) atoms. The minimum atomic E-state index is -0.947. The Balaban J connectivity index is 2.95. The number of carbonyl (C=O) groups is 1. The number of amides is 1. The number of aromatic nitrogens is 2. The lowest BCUT2D eigenvalue weighted by atomic mass is 10.4. The second-order valence-corrected chi connectivity index (χ2v) is 2.44. The first-order valence-electron chi connectivity index (χ1n) is 3.19. The molecule has 0 saturated carbocycles. The molecule has 0 aliphatic heterocycles. The van der Waals surface area contributed by atoms with Crippen LogP contribution in [-0.4, -0.2) is 28.1 Å². The number of hydrogen-bond acceptors (Lipinski definition) is 5. The van der Waals surface area contributed by atoms with Crippen LogP contribution in [0.5, 0.6) is 0 Å². The molecule has 0 atom stereocenters. The van der Waals surface area contributed by atoms with Gasteiger partial charge in [-0.25, -0.2) is 9.63 Å². The Morgan fingerprint density at radius 2 is 2.38 bits per heavy atom. The molecular weight excluding hydrogens is 198 g/mol. The largest absolute Gasteiger partial charge is 0.542 e. The lowest BCUT2D eigenvalue weighted by Crippen LogP contribution is -2.18. The predicted molar refractivity (Wildman–Crippen MR) is 42.0 cm³/mol. The van der Waals surface area contributed by atoms with Crippen LogP contribution in [0.2, 0.25) is 5.02 Å². The van der Waals surface area contributed by atoms with Gasteiger partial charge >= 0.3 is 10.8 Å². The van der Waals surface area contributed by atoms with Gasteiger partial charge in [0.25, 0.3) is 0 Å². The van der Waals surface area contributed by atoms with Crippen LogP contribution >= 0.6 is 11.6 Å². The minimum absolute atomic E-state index is 0.163. The first-order valence-corrected chi connectivity index (χ1v) is 3.57. The van der Waals surface area contributed by atoms with Crippen molar-refractivity contribution in [1.82, 2.24) is 10.2 Å². The standard InChI is InChI=1S/C6H5ClN3O3/c1-13-10(12)6(11)5-2-4(7)3-8-9-5/h2-3H,1H3/q+1. The molecule has 1 aromatic heterocycles. The van der Waals surface area contributed by atoms with Crippen LogP contribution in [0.15, 0.2) is 12.3 Å². The second-order valence-electron chi connectivity index (χ2n) is 2.00. The average Bonchev–Trinajstić information content (AvgIpc) is 2.15. The number of hydrogen-bond donors (Lipinski definition) is 0. The van der Waals surface area contributed by atoms with Crippen molar-refractivity contribution >= 4 is 17.5 Å². The van der Waals surface area contributed by atoms with Gasteiger partial charge in [-0.15, -0.1) is 5.10 Å². The molecule has 1 aromatic rings. The topological polar surface area (TPSA) is 72.2 Å². The predicted octanol–water partition coefficient (Wildman–Crippen LogP) is 0.611. The highest BCUT2D eigenvalue weighted by Crippen LogP contribution is 2.06. The molecule has 1 heterocycles. The molecule has 0 fully saturated rings. The molecule has 68 valence electrons. The highest BCUT2D eigenvalue weighted by Gasteiger charge is 2.28. The molecule has 0 unspecified atom stereocenters. The smallest absolute Gasteiger partial charge is 0.227 e. The van der Waals surface area contributed by atoms with Crippen LogP contribution in [0.1, 0.15) is 10.5 Å². The summed E-state index contributed by atoms with van der Waals surface area (Å²) in [6.07, 6.45) is 1.25. The van der Waals surface area contributed by atoms with E-state index in [9.17, 15) is 9.70 Å². The summed E-state index contributed by atoms with van der Waals surface area (Å²) in [6.45, 7) is 0. The SMILES string of the molecule is CO[N+](=O)C(=O)c1cc(Cl)cnn1. The van der Waals surface area contributed by atoms with E-state index in [2.05, 4.69) is 15.0 Å². The molecule has 0 spiro atoms. The molecule has 6 nitrogen and oxygen atoms in total. The van der Waals surface area contributed by atoms with Crippen LogP contribution in [-0.2, 0) is 4.84 Å². The molecule has 0 bridgehead atoms. The van der Waals surface area contributed by atoms with Crippen molar-refractivity contribution in [2.45, 2.75) is 0 Å². The molecule has 0 aromatic carbocycles. The van der Waals surface area contributed by atoms with E-state index in [0.717, 1.165) is 7.11 Å². The summed E-state index contributed by atoms with van der Waals surface area (Å²) < 4.78 is 0. The third-order valence-electron chi connectivity index (χ3n) is 1.17. The number of carbonyl (C=O) groups excluding carboxylic acids is 1. The number of rotatable bonds is 2. The third-order valence-corrected chi connectivity index (χ3v) is 1.38. The van der Waals surface area contributed by atoms with Gasteiger partial charge < -0.3 is 0 Å². The Hall–Kier alpha value is -1.56. The third kappa shape index (κ3) is 2.19. The van der Waals surface area contributed by atoms with Gasteiger partial charge in [0.2, 0.25) is 5.69 Å². The summed E-state index contributed by atoms with van der Waals surface area (Å²) in [5, 5.41) is 7.03. The molecular formula is C6H5ClN3O3+. The van der Waals surface area contributed by atoms with Crippen LogP contribution in [0.25, 0.3) is 0 Å². The van der Waals surface area contributed by atoms with E-state index in [1.165, 1.54) is 12.3 Å². The van der Waals surface area contributed by atoms with Gasteiger partial charge in [-0.05, 0) is 6.07 Å². The summed E-state index contributed by atoms with van der Waals surface area (Å²) in [7, 11) is 1.07. The van der Waals surface area contributed by atoms with Gasteiger partial charge in [0.1, 0.15) is 0 Å². The van der Waals surface area contributed by atoms with Crippen LogP contribution in [0.4, 0.5) is 0 Å². The highest BCUT2D eigenvalue weighted by atomic mass is 35.5. The van der Waals surface area contributed by atoms with Crippen molar-refractivity contribution in [1.29, 1.82) is 0 Å². The molecule has 0 radical (unpaired) electrons. The maximum Gasteiger partial charge on any atom is 0.542 e. The summed E-state index contributed by atoms with van der Waals surface area (Å²) in [4.78, 5) is 25.6. The van der Waals surface area contributed by atoms with E-state index >= 15 is 0 Å². The van der Waals surface area contributed by atoms with E-state index < -0.39 is 5.91 Å². The molecule has 0 aliphatic carbocycles. The van der Waals surface area contributed by atoms with Crippen molar-refractivity contribution < 1.29 is 14.6 Å². The summed E-state index contributed by atoms with van der Waals surface area (Å²) in [5.41, 5.74) is -0.163. The number of halogens is 1. The van der Waals surface area contributed by atoms with Crippen LogP contribution < -0.4 is 0 Å². The quantitative estimate of drug-likeness (QED) is 0.657.